The number of aliphatic hydroxyl groups is 3. The molecule has 0 aromatic rings. The summed E-state index contributed by atoms with van der Waals surface area (Å²) in [5.41, 5.74) is -2.40. The van der Waals surface area contributed by atoms with Gasteiger partial charge in [-0.2, -0.15) is 0 Å². The van der Waals surface area contributed by atoms with E-state index >= 15 is 4.79 Å². The first kappa shape index (κ1) is 43.4. The summed E-state index contributed by atoms with van der Waals surface area (Å²) in [7, 11) is 0. The van der Waals surface area contributed by atoms with Crippen molar-refractivity contribution in [2.75, 3.05) is 6.61 Å². The van der Waals surface area contributed by atoms with Crippen LogP contribution < -0.4 is 0 Å². The Morgan fingerprint density at radius 1 is 0.723 bits per heavy atom. The van der Waals surface area contributed by atoms with Crippen LogP contribution in [-0.2, 0) is 19.1 Å². The second-order valence-electron chi connectivity index (χ2n) is 15.0. The molecule has 1 heterocycles. The van der Waals surface area contributed by atoms with Crippen molar-refractivity contribution < 1.29 is 34.4 Å². The van der Waals surface area contributed by atoms with Crippen LogP contribution in [0.5, 0.6) is 0 Å². The Morgan fingerprint density at radius 2 is 1.23 bits per heavy atom. The van der Waals surface area contributed by atoms with Crippen LogP contribution >= 0.6 is 0 Å². The molecule has 0 aliphatic carbocycles. The summed E-state index contributed by atoms with van der Waals surface area (Å²) in [6.45, 7) is 19.2. The molecule has 0 bridgehead atoms. The van der Waals surface area contributed by atoms with E-state index in [2.05, 4.69) is 55.4 Å². The molecule has 0 radical (unpaired) electrons. The fraction of sp³-hybridized carbons (Fsp3) is 0.900. The number of hydrogen-bond acceptors (Lipinski definition) is 7. The molecule has 7 heteroatoms. The summed E-state index contributed by atoms with van der Waals surface area (Å²) in [6, 6.07) is 0. The third-order valence-corrected chi connectivity index (χ3v) is 11.1. The standard InChI is InChI=1S/C40H74O7/c1-10-15-20-25-32(28(6)21-16-11-2)26-33(29(7)22-17-12-3)35(30(8)23-18-13-4)37(43)40(38(44)36(42)39(45)47-40)34(41)27-46-31(9)24-19-14-5/h28-35,41-42,44H,10-27H2,1-9H3/t28?,29?,30?,31?,32?,33?,34-,35?,40-/m0/s1. The second-order valence-corrected chi connectivity index (χ2v) is 15.0. The van der Waals surface area contributed by atoms with Gasteiger partial charge in [0.2, 0.25) is 5.76 Å². The first-order valence-corrected chi connectivity index (χ1v) is 19.6. The lowest BCUT2D eigenvalue weighted by molar-refractivity contribution is -0.181. The first-order valence-electron chi connectivity index (χ1n) is 19.6. The summed E-state index contributed by atoms with van der Waals surface area (Å²) in [6.07, 6.45) is 15.6. The molecule has 47 heavy (non-hydrogen) atoms. The number of aliphatic hydroxyl groups excluding tert-OH is 3. The number of esters is 1. The zero-order chi connectivity index (χ0) is 35.6. The minimum absolute atomic E-state index is 0.0423. The molecule has 0 aromatic carbocycles. The highest BCUT2D eigenvalue weighted by atomic mass is 16.6. The largest absolute Gasteiger partial charge is 0.505 e. The van der Waals surface area contributed by atoms with E-state index in [4.69, 9.17) is 9.47 Å². The predicted octanol–water partition coefficient (Wildman–Crippen LogP) is 10.4. The van der Waals surface area contributed by atoms with Crippen molar-refractivity contribution in [2.45, 2.75) is 189 Å². The molecule has 1 rings (SSSR count). The molecule has 1 aliphatic heterocycles. The van der Waals surface area contributed by atoms with Crippen molar-refractivity contribution in [1.82, 2.24) is 0 Å². The fourth-order valence-electron chi connectivity index (χ4n) is 7.72. The van der Waals surface area contributed by atoms with E-state index in [0.29, 0.717) is 11.8 Å². The smallest absolute Gasteiger partial charge is 0.378 e. The lowest BCUT2D eigenvalue weighted by Gasteiger charge is -2.42. The van der Waals surface area contributed by atoms with Gasteiger partial charge in [0.1, 0.15) is 6.10 Å². The fourth-order valence-corrected chi connectivity index (χ4v) is 7.72. The molecule has 0 fully saturated rings. The highest BCUT2D eigenvalue weighted by Crippen LogP contribution is 2.46. The SMILES string of the molecule is CCCCCC(CC(C(C)CCCC)C(C(=O)[C@]1([C@@H](O)COC(C)CCCC)OC(=O)C(O)=C1O)C(C)CCCC)C(C)CCCC. The number of carbonyl (C=O) groups is 2. The van der Waals surface area contributed by atoms with Crippen LogP contribution in [0.3, 0.4) is 0 Å². The van der Waals surface area contributed by atoms with E-state index in [0.717, 1.165) is 96.3 Å². The summed E-state index contributed by atoms with van der Waals surface area (Å²) in [5.74, 6) is -3.14. The van der Waals surface area contributed by atoms with Crippen molar-refractivity contribution in [1.29, 1.82) is 0 Å². The molecule has 3 N–H and O–H groups in total. The molecule has 9 atom stereocenters. The van der Waals surface area contributed by atoms with Crippen LogP contribution in [0.25, 0.3) is 0 Å². The molecule has 276 valence electrons. The molecule has 0 spiro atoms. The van der Waals surface area contributed by atoms with Gasteiger partial charge in [-0.15, -0.1) is 0 Å². The lowest BCUT2D eigenvalue weighted by Crippen LogP contribution is -2.58. The maximum Gasteiger partial charge on any atom is 0.378 e. The summed E-state index contributed by atoms with van der Waals surface area (Å²) < 4.78 is 11.6. The van der Waals surface area contributed by atoms with Gasteiger partial charge in [-0.05, 0) is 49.4 Å². The number of unbranched alkanes of at least 4 members (excludes halogenated alkanes) is 6. The summed E-state index contributed by atoms with van der Waals surface area (Å²) in [5, 5.41) is 33.6. The number of Topliss-reactive ketones (excluding diaryl/α,β-unsaturated/α-hetero) is 1. The Balaban J connectivity index is 3.77. The van der Waals surface area contributed by atoms with Gasteiger partial charge in [-0.25, -0.2) is 4.79 Å². The monoisotopic (exact) mass is 667 g/mol. The minimum atomic E-state index is -2.40. The highest BCUT2D eigenvalue weighted by Gasteiger charge is 2.62. The zero-order valence-electron chi connectivity index (χ0n) is 31.8. The van der Waals surface area contributed by atoms with E-state index in [1.807, 2.05) is 6.92 Å². The van der Waals surface area contributed by atoms with Crippen LogP contribution in [0.1, 0.15) is 171 Å². The number of ketones is 1. The van der Waals surface area contributed by atoms with Gasteiger partial charge in [0.05, 0.1) is 12.7 Å². The van der Waals surface area contributed by atoms with Gasteiger partial charge in [-0.1, -0.05) is 152 Å². The third-order valence-electron chi connectivity index (χ3n) is 11.1. The van der Waals surface area contributed by atoms with Crippen molar-refractivity contribution in [3.05, 3.63) is 11.5 Å². The molecule has 0 saturated heterocycles. The average molecular weight is 667 g/mol. The van der Waals surface area contributed by atoms with E-state index in [9.17, 15) is 20.1 Å². The predicted molar refractivity (Wildman–Crippen MR) is 192 cm³/mol. The minimum Gasteiger partial charge on any atom is -0.505 e. The number of cyclic esters (lactones) is 1. The Labute approximate surface area is 288 Å². The molecule has 1 aliphatic rings. The number of carbonyl (C=O) groups excluding carboxylic acids is 2. The maximum absolute atomic E-state index is 15.2. The molecular formula is C40H74O7. The maximum atomic E-state index is 15.2. The Kier molecular flexibility index (Phi) is 21.2. The molecule has 0 saturated carbocycles. The van der Waals surface area contributed by atoms with Crippen LogP contribution in [0, 0.1) is 35.5 Å². The van der Waals surface area contributed by atoms with E-state index < -0.39 is 40.9 Å². The van der Waals surface area contributed by atoms with Gasteiger partial charge in [0, 0.05) is 5.92 Å². The second kappa shape index (κ2) is 22.9. The van der Waals surface area contributed by atoms with Crippen LogP contribution in [-0.4, -0.2) is 51.5 Å². The normalized spacial score (nSPS) is 22.0. The van der Waals surface area contributed by atoms with Crippen molar-refractivity contribution >= 4 is 11.8 Å². The lowest BCUT2D eigenvalue weighted by atomic mass is 9.63. The number of ether oxygens (including phenoxy) is 2. The van der Waals surface area contributed by atoms with E-state index in [1.165, 1.54) is 12.8 Å². The summed E-state index contributed by atoms with van der Waals surface area (Å²) >= 11 is 0. The number of rotatable bonds is 28. The molecule has 7 nitrogen and oxygen atoms in total. The van der Waals surface area contributed by atoms with Crippen LogP contribution in [0.4, 0.5) is 0 Å². The van der Waals surface area contributed by atoms with Gasteiger partial charge >= 0.3 is 5.97 Å². The van der Waals surface area contributed by atoms with Crippen LogP contribution in [0.15, 0.2) is 11.5 Å². The topological polar surface area (TPSA) is 113 Å². The quantitative estimate of drug-likeness (QED) is 0.0562. The van der Waals surface area contributed by atoms with Gasteiger partial charge in [0.25, 0.3) is 5.60 Å². The van der Waals surface area contributed by atoms with Crippen LogP contribution in [0.2, 0.25) is 0 Å². The molecular weight excluding hydrogens is 592 g/mol. The molecule has 0 aromatic heterocycles. The van der Waals surface area contributed by atoms with E-state index in [-0.39, 0.29) is 30.5 Å². The Bertz CT molecular complexity index is 916. The molecule has 7 unspecified atom stereocenters. The first-order chi connectivity index (χ1) is 22.4. The van der Waals surface area contributed by atoms with Crippen molar-refractivity contribution in [3.63, 3.8) is 0 Å². The Morgan fingerprint density at radius 3 is 1.74 bits per heavy atom. The third kappa shape index (κ3) is 12.7. The Hall–Kier alpha value is -1.60. The van der Waals surface area contributed by atoms with Crippen molar-refractivity contribution in [2.24, 2.45) is 35.5 Å². The van der Waals surface area contributed by atoms with Gasteiger partial charge < -0.3 is 24.8 Å². The van der Waals surface area contributed by atoms with Gasteiger partial charge in [-0.3, -0.25) is 4.79 Å². The molecule has 0 amide bonds. The van der Waals surface area contributed by atoms with Crippen molar-refractivity contribution in [3.8, 4) is 0 Å². The average Bonchev–Trinajstić information content (AvgIpc) is 3.29. The van der Waals surface area contributed by atoms with Gasteiger partial charge in [0.15, 0.2) is 11.5 Å². The van der Waals surface area contributed by atoms with E-state index in [1.54, 1.807) is 0 Å². The highest BCUT2D eigenvalue weighted by molar-refractivity contribution is 6.02. The number of hydrogen-bond donors (Lipinski definition) is 3. The summed E-state index contributed by atoms with van der Waals surface area (Å²) in [4.78, 5) is 28.1. The zero-order valence-corrected chi connectivity index (χ0v) is 31.8.